The van der Waals surface area contributed by atoms with Gasteiger partial charge in [-0.3, -0.25) is 4.79 Å². The van der Waals surface area contributed by atoms with Gasteiger partial charge in [-0.05, 0) is 12.5 Å². The largest absolute Gasteiger partial charge is 0.344 e. The SMILES string of the molecule is Cc1c(C(=O)N(C)C)sc2ncnc(Cl)c12. The van der Waals surface area contributed by atoms with Crippen LogP contribution in [0.1, 0.15) is 15.2 Å². The van der Waals surface area contributed by atoms with E-state index < -0.39 is 0 Å². The first-order chi connectivity index (χ1) is 7.52. The average molecular weight is 256 g/mol. The lowest BCUT2D eigenvalue weighted by atomic mass is 10.2. The summed E-state index contributed by atoms with van der Waals surface area (Å²) in [6.07, 6.45) is 1.41. The molecule has 1 amide bonds. The predicted octanol–water partition coefficient (Wildman–Crippen LogP) is 2.35. The molecule has 84 valence electrons. The first kappa shape index (κ1) is 11.3. The van der Waals surface area contributed by atoms with E-state index in [4.69, 9.17) is 11.6 Å². The van der Waals surface area contributed by atoms with Crippen molar-refractivity contribution in [2.45, 2.75) is 6.92 Å². The van der Waals surface area contributed by atoms with E-state index in [-0.39, 0.29) is 5.91 Å². The van der Waals surface area contributed by atoms with Crippen LogP contribution in [0.4, 0.5) is 0 Å². The number of hydrogen-bond donors (Lipinski definition) is 0. The van der Waals surface area contributed by atoms with Crippen LogP contribution in [0.5, 0.6) is 0 Å². The molecular weight excluding hydrogens is 246 g/mol. The van der Waals surface area contributed by atoms with Crippen molar-refractivity contribution < 1.29 is 4.79 Å². The molecule has 0 N–H and O–H groups in total. The fourth-order valence-electron chi connectivity index (χ4n) is 1.44. The second-order valence-corrected chi connectivity index (χ2v) is 4.96. The molecule has 0 atom stereocenters. The van der Waals surface area contributed by atoms with E-state index in [1.165, 1.54) is 17.7 Å². The highest BCUT2D eigenvalue weighted by molar-refractivity contribution is 7.20. The summed E-state index contributed by atoms with van der Waals surface area (Å²) in [5.41, 5.74) is 0.851. The van der Waals surface area contributed by atoms with Crippen molar-refractivity contribution in [3.8, 4) is 0 Å². The third-order valence-electron chi connectivity index (χ3n) is 2.28. The van der Waals surface area contributed by atoms with Gasteiger partial charge in [-0.2, -0.15) is 0 Å². The summed E-state index contributed by atoms with van der Waals surface area (Å²) in [6.45, 7) is 1.87. The van der Waals surface area contributed by atoms with E-state index in [9.17, 15) is 4.79 Å². The van der Waals surface area contributed by atoms with Crippen molar-refractivity contribution in [1.82, 2.24) is 14.9 Å². The topological polar surface area (TPSA) is 46.1 Å². The maximum absolute atomic E-state index is 11.9. The third-order valence-corrected chi connectivity index (χ3v) is 3.76. The molecule has 0 aliphatic carbocycles. The number of rotatable bonds is 1. The van der Waals surface area contributed by atoms with Gasteiger partial charge in [-0.1, -0.05) is 11.6 Å². The summed E-state index contributed by atoms with van der Waals surface area (Å²) < 4.78 is 0. The molecule has 0 aliphatic rings. The highest BCUT2D eigenvalue weighted by atomic mass is 35.5. The zero-order chi connectivity index (χ0) is 11.9. The quantitative estimate of drug-likeness (QED) is 0.735. The number of amides is 1. The third kappa shape index (κ3) is 1.66. The van der Waals surface area contributed by atoms with Gasteiger partial charge in [0.1, 0.15) is 16.3 Å². The van der Waals surface area contributed by atoms with E-state index in [0.29, 0.717) is 10.0 Å². The zero-order valence-electron chi connectivity index (χ0n) is 9.11. The second kappa shape index (κ2) is 3.99. The highest BCUT2D eigenvalue weighted by Gasteiger charge is 2.19. The van der Waals surface area contributed by atoms with Crippen LogP contribution in [0.3, 0.4) is 0 Å². The molecular formula is C10H10ClN3OS. The van der Waals surface area contributed by atoms with Gasteiger partial charge in [0, 0.05) is 14.1 Å². The fourth-order valence-corrected chi connectivity index (χ4v) is 2.94. The molecule has 0 unspecified atom stereocenters. The summed E-state index contributed by atoms with van der Waals surface area (Å²) in [6, 6.07) is 0. The standard InChI is InChI=1S/C10H10ClN3OS/c1-5-6-8(11)12-4-13-9(6)16-7(5)10(15)14(2)3/h4H,1-3H3. The molecule has 0 spiro atoms. The first-order valence-corrected chi connectivity index (χ1v) is 5.83. The molecule has 6 heteroatoms. The van der Waals surface area contributed by atoms with Crippen molar-refractivity contribution in [2.75, 3.05) is 14.1 Å². The average Bonchev–Trinajstić information content (AvgIpc) is 2.56. The summed E-state index contributed by atoms with van der Waals surface area (Å²) in [5, 5.41) is 1.18. The molecule has 16 heavy (non-hydrogen) atoms. The summed E-state index contributed by atoms with van der Waals surface area (Å²) in [5.74, 6) is -0.0310. The number of halogens is 1. The Hall–Kier alpha value is -1.20. The minimum absolute atomic E-state index is 0.0310. The Bertz CT molecular complexity index is 564. The van der Waals surface area contributed by atoms with Gasteiger partial charge in [0.2, 0.25) is 0 Å². The molecule has 4 nitrogen and oxygen atoms in total. The van der Waals surface area contributed by atoms with Crippen molar-refractivity contribution in [3.63, 3.8) is 0 Å². The van der Waals surface area contributed by atoms with Crippen LogP contribution in [-0.4, -0.2) is 34.9 Å². The van der Waals surface area contributed by atoms with Crippen molar-refractivity contribution in [1.29, 1.82) is 0 Å². The summed E-state index contributed by atoms with van der Waals surface area (Å²) >= 11 is 7.34. The molecule has 0 bridgehead atoms. The Morgan fingerprint density at radius 2 is 2.12 bits per heavy atom. The molecule has 0 radical (unpaired) electrons. The Morgan fingerprint density at radius 3 is 2.69 bits per heavy atom. The number of carbonyl (C=O) groups is 1. The molecule has 0 saturated carbocycles. The number of carbonyl (C=O) groups excluding carboxylic acids is 1. The Morgan fingerprint density at radius 1 is 1.44 bits per heavy atom. The van der Waals surface area contributed by atoms with Crippen LogP contribution in [0, 0.1) is 6.92 Å². The van der Waals surface area contributed by atoms with Crippen LogP contribution in [-0.2, 0) is 0 Å². The van der Waals surface area contributed by atoms with Crippen LogP contribution < -0.4 is 0 Å². The Balaban J connectivity index is 2.70. The molecule has 0 aliphatic heterocycles. The van der Waals surface area contributed by atoms with E-state index in [1.54, 1.807) is 19.0 Å². The number of fused-ring (bicyclic) bond motifs is 1. The van der Waals surface area contributed by atoms with Crippen LogP contribution >= 0.6 is 22.9 Å². The predicted molar refractivity (Wildman–Crippen MR) is 65.2 cm³/mol. The van der Waals surface area contributed by atoms with Gasteiger partial charge in [0.15, 0.2) is 0 Å². The van der Waals surface area contributed by atoms with Gasteiger partial charge in [-0.25, -0.2) is 9.97 Å². The van der Waals surface area contributed by atoms with Crippen LogP contribution in [0.25, 0.3) is 10.2 Å². The van der Waals surface area contributed by atoms with Gasteiger partial charge in [0.05, 0.1) is 10.3 Å². The Kier molecular flexibility index (Phi) is 2.82. The lowest BCUT2D eigenvalue weighted by Gasteiger charge is -2.08. The molecule has 2 aromatic heterocycles. The van der Waals surface area contributed by atoms with Crippen molar-refractivity contribution in [2.24, 2.45) is 0 Å². The van der Waals surface area contributed by atoms with Crippen molar-refractivity contribution >= 4 is 39.1 Å². The van der Waals surface area contributed by atoms with Gasteiger partial charge >= 0.3 is 0 Å². The van der Waals surface area contributed by atoms with Gasteiger partial charge in [0.25, 0.3) is 5.91 Å². The minimum atomic E-state index is -0.0310. The monoisotopic (exact) mass is 255 g/mol. The van der Waals surface area contributed by atoms with Gasteiger partial charge < -0.3 is 4.90 Å². The number of thiophene rings is 1. The zero-order valence-corrected chi connectivity index (χ0v) is 10.7. The first-order valence-electron chi connectivity index (χ1n) is 4.63. The van der Waals surface area contributed by atoms with Gasteiger partial charge in [-0.15, -0.1) is 11.3 Å². The smallest absolute Gasteiger partial charge is 0.263 e. The van der Waals surface area contributed by atoms with E-state index >= 15 is 0 Å². The lowest BCUT2D eigenvalue weighted by Crippen LogP contribution is -2.21. The number of aromatic nitrogens is 2. The van der Waals surface area contributed by atoms with E-state index in [1.807, 2.05) is 6.92 Å². The van der Waals surface area contributed by atoms with Crippen molar-refractivity contribution in [3.05, 3.63) is 21.9 Å². The molecule has 2 rings (SSSR count). The lowest BCUT2D eigenvalue weighted by molar-refractivity contribution is 0.0831. The number of nitrogens with zero attached hydrogens (tertiary/aromatic N) is 3. The molecule has 2 aromatic rings. The number of aryl methyl sites for hydroxylation is 1. The maximum atomic E-state index is 11.9. The normalized spacial score (nSPS) is 10.8. The van der Waals surface area contributed by atoms with E-state index in [2.05, 4.69) is 9.97 Å². The molecule has 0 saturated heterocycles. The van der Waals surface area contributed by atoms with Crippen LogP contribution in [0.2, 0.25) is 5.15 Å². The highest BCUT2D eigenvalue weighted by Crippen LogP contribution is 2.33. The second-order valence-electron chi connectivity index (χ2n) is 3.60. The molecule has 2 heterocycles. The summed E-state index contributed by atoms with van der Waals surface area (Å²) in [7, 11) is 3.44. The van der Waals surface area contributed by atoms with E-state index in [0.717, 1.165) is 15.8 Å². The fraction of sp³-hybridized carbons (Fsp3) is 0.300. The number of hydrogen-bond acceptors (Lipinski definition) is 4. The Labute approximate surface area is 102 Å². The molecule has 0 fully saturated rings. The maximum Gasteiger partial charge on any atom is 0.263 e. The summed E-state index contributed by atoms with van der Waals surface area (Å²) in [4.78, 5) is 22.9. The molecule has 0 aromatic carbocycles. The van der Waals surface area contributed by atoms with Crippen LogP contribution in [0.15, 0.2) is 6.33 Å². The minimum Gasteiger partial charge on any atom is -0.344 e.